The number of carboxylic acid groups (broad SMARTS) is 1. The maximum Gasteiger partial charge on any atom is 0.328 e. The number of aliphatic hydroxyl groups is 1. The molecular formula is C10H10ClN3O6. The fourth-order valence-corrected chi connectivity index (χ4v) is 1.62. The number of aliphatic hydroxyl groups excluding tert-OH is 1. The number of halogens is 1. The molecule has 0 spiro atoms. The van der Waals surface area contributed by atoms with Gasteiger partial charge in [0.25, 0.3) is 5.91 Å². The number of nitrogens with zero attached hydrogens (tertiary/aromatic N) is 2. The van der Waals surface area contributed by atoms with E-state index in [1.807, 2.05) is 5.32 Å². The van der Waals surface area contributed by atoms with Gasteiger partial charge in [0.1, 0.15) is 5.56 Å². The zero-order valence-electron chi connectivity index (χ0n) is 10.1. The Hall–Kier alpha value is -2.26. The summed E-state index contributed by atoms with van der Waals surface area (Å²) in [5, 5.41) is 30.4. The lowest BCUT2D eigenvalue weighted by Gasteiger charge is -2.16. The summed E-state index contributed by atoms with van der Waals surface area (Å²) in [6.45, 7) is 1.16. The summed E-state index contributed by atoms with van der Waals surface area (Å²) < 4.78 is 0. The number of hydrogen-bond donors (Lipinski definition) is 3. The molecule has 0 aliphatic rings. The zero-order chi connectivity index (χ0) is 15.4. The van der Waals surface area contributed by atoms with Crippen molar-refractivity contribution < 1.29 is 24.7 Å². The molecule has 0 aliphatic heterocycles. The molecule has 0 saturated carbocycles. The number of carboxylic acids is 1. The Bertz CT molecular complexity index is 562. The molecule has 20 heavy (non-hydrogen) atoms. The molecule has 0 fully saturated rings. The van der Waals surface area contributed by atoms with Crippen molar-refractivity contribution in [1.29, 1.82) is 0 Å². The molecule has 3 N–H and O–H groups in total. The average Bonchev–Trinajstić information content (AvgIpc) is 2.33. The summed E-state index contributed by atoms with van der Waals surface area (Å²) in [4.78, 5) is 36.1. The van der Waals surface area contributed by atoms with Gasteiger partial charge in [0.15, 0.2) is 6.04 Å². The molecule has 0 radical (unpaired) electrons. The van der Waals surface area contributed by atoms with Crippen molar-refractivity contribution in [2.24, 2.45) is 0 Å². The number of nitrogens with one attached hydrogen (secondary N) is 1. The first-order chi connectivity index (χ1) is 9.25. The van der Waals surface area contributed by atoms with Gasteiger partial charge in [0.05, 0.1) is 11.0 Å². The van der Waals surface area contributed by atoms with Crippen LogP contribution in [0.15, 0.2) is 12.3 Å². The van der Waals surface area contributed by atoms with Crippen LogP contribution in [0.1, 0.15) is 17.3 Å². The molecule has 0 unspecified atom stereocenters. The van der Waals surface area contributed by atoms with Crippen molar-refractivity contribution in [1.82, 2.24) is 10.3 Å². The highest BCUT2D eigenvalue weighted by atomic mass is 35.5. The van der Waals surface area contributed by atoms with Gasteiger partial charge >= 0.3 is 11.7 Å². The fourth-order valence-electron chi connectivity index (χ4n) is 1.39. The van der Waals surface area contributed by atoms with E-state index in [-0.39, 0.29) is 0 Å². The Morgan fingerprint density at radius 3 is 2.60 bits per heavy atom. The first-order valence-corrected chi connectivity index (χ1v) is 5.64. The van der Waals surface area contributed by atoms with Crippen molar-refractivity contribution in [3.63, 3.8) is 0 Å². The molecule has 1 aromatic heterocycles. The number of aliphatic carboxylic acids is 1. The minimum absolute atomic E-state index is 0.443. The van der Waals surface area contributed by atoms with Crippen molar-refractivity contribution in [3.05, 3.63) is 33.1 Å². The molecule has 9 nitrogen and oxygen atoms in total. The molecule has 0 aliphatic carbocycles. The maximum absolute atomic E-state index is 11.9. The number of carbonyl (C=O) groups is 2. The van der Waals surface area contributed by atoms with E-state index >= 15 is 0 Å². The minimum Gasteiger partial charge on any atom is -0.480 e. The van der Waals surface area contributed by atoms with Crippen LogP contribution in [-0.2, 0) is 4.79 Å². The number of hydrogen-bond acceptors (Lipinski definition) is 6. The smallest absolute Gasteiger partial charge is 0.328 e. The fraction of sp³-hybridized carbons (Fsp3) is 0.300. The van der Waals surface area contributed by atoms with Crippen LogP contribution in [0.5, 0.6) is 0 Å². The quantitative estimate of drug-likeness (QED) is 0.400. The largest absolute Gasteiger partial charge is 0.480 e. The zero-order valence-corrected chi connectivity index (χ0v) is 10.9. The number of pyridine rings is 1. The van der Waals surface area contributed by atoms with E-state index in [1.54, 1.807) is 0 Å². The maximum atomic E-state index is 11.9. The van der Waals surface area contributed by atoms with Gasteiger partial charge in [-0.25, -0.2) is 9.78 Å². The number of carbonyl (C=O) groups excluding carboxylic acids is 1. The molecule has 1 heterocycles. The Kier molecular flexibility index (Phi) is 4.94. The SMILES string of the molecule is C[C@@H](O)[C@H](NC(=O)c1ccnc(Cl)c1[N+](=O)[O-])C(=O)O. The standard InChI is InChI=1S/C10H10ClN3O6/c1-4(15)6(10(17)18)13-9(16)5-2-3-12-8(11)7(5)14(19)20/h2-4,6,15H,1H3,(H,13,16)(H,17,18)/t4-,6+/m1/s1. The molecule has 10 heteroatoms. The summed E-state index contributed by atoms with van der Waals surface area (Å²) in [6.07, 6.45) is -0.310. The van der Waals surface area contributed by atoms with Crippen LogP contribution in [0.2, 0.25) is 5.15 Å². The Morgan fingerprint density at radius 1 is 1.55 bits per heavy atom. The summed E-state index contributed by atoms with van der Waals surface area (Å²) in [5.41, 5.74) is -1.18. The van der Waals surface area contributed by atoms with Gasteiger partial charge in [-0.05, 0) is 13.0 Å². The molecule has 0 saturated heterocycles. The second-order valence-corrected chi connectivity index (χ2v) is 4.14. The molecule has 1 amide bonds. The van der Waals surface area contributed by atoms with Gasteiger partial charge in [-0.15, -0.1) is 0 Å². The third-order valence-electron chi connectivity index (χ3n) is 2.34. The van der Waals surface area contributed by atoms with Crippen LogP contribution in [0.4, 0.5) is 5.69 Å². The highest BCUT2D eigenvalue weighted by Crippen LogP contribution is 2.25. The van der Waals surface area contributed by atoms with E-state index in [2.05, 4.69) is 4.98 Å². The van der Waals surface area contributed by atoms with Crippen molar-refractivity contribution in [3.8, 4) is 0 Å². The van der Waals surface area contributed by atoms with Crippen LogP contribution in [0, 0.1) is 10.1 Å². The Balaban J connectivity index is 3.13. The van der Waals surface area contributed by atoms with Crippen molar-refractivity contribution in [2.45, 2.75) is 19.1 Å². The Morgan fingerprint density at radius 2 is 2.15 bits per heavy atom. The normalized spacial score (nSPS) is 13.3. The van der Waals surface area contributed by atoms with E-state index in [9.17, 15) is 24.8 Å². The monoisotopic (exact) mass is 303 g/mol. The third-order valence-corrected chi connectivity index (χ3v) is 2.62. The van der Waals surface area contributed by atoms with Crippen LogP contribution in [0.3, 0.4) is 0 Å². The predicted octanol–water partition coefficient (Wildman–Crippen LogP) is 0.207. The number of amides is 1. The van der Waals surface area contributed by atoms with E-state index in [0.717, 1.165) is 19.2 Å². The molecule has 0 bridgehead atoms. The summed E-state index contributed by atoms with van der Waals surface area (Å²) in [5.74, 6) is -2.52. The highest BCUT2D eigenvalue weighted by Gasteiger charge is 2.30. The van der Waals surface area contributed by atoms with Gasteiger partial charge < -0.3 is 15.5 Å². The summed E-state index contributed by atoms with van der Waals surface area (Å²) in [6, 6.07) is -0.575. The van der Waals surface area contributed by atoms with Gasteiger partial charge in [-0.2, -0.15) is 0 Å². The van der Waals surface area contributed by atoms with Gasteiger partial charge in [-0.3, -0.25) is 14.9 Å². The number of nitro groups is 1. The van der Waals surface area contributed by atoms with Crippen LogP contribution < -0.4 is 5.32 Å². The van der Waals surface area contributed by atoms with E-state index in [1.165, 1.54) is 0 Å². The number of aromatic nitrogens is 1. The van der Waals surface area contributed by atoms with Gasteiger partial charge in [-0.1, -0.05) is 11.6 Å². The molecule has 108 valence electrons. The van der Waals surface area contributed by atoms with Gasteiger partial charge in [0.2, 0.25) is 5.15 Å². The second kappa shape index (κ2) is 6.26. The first kappa shape index (κ1) is 15.8. The lowest BCUT2D eigenvalue weighted by molar-refractivity contribution is -0.385. The van der Waals surface area contributed by atoms with E-state index in [0.29, 0.717) is 0 Å². The topological polar surface area (TPSA) is 143 Å². The van der Waals surface area contributed by atoms with Crippen LogP contribution in [0.25, 0.3) is 0 Å². The third kappa shape index (κ3) is 3.39. The lowest BCUT2D eigenvalue weighted by atomic mass is 10.1. The number of rotatable bonds is 5. The molecule has 0 aromatic carbocycles. The first-order valence-electron chi connectivity index (χ1n) is 5.26. The van der Waals surface area contributed by atoms with Crippen LogP contribution >= 0.6 is 11.6 Å². The predicted molar refractivity (Wildman–Crippen MR) is 66.5 cm³/mol. The Labute approximate surface area is 117 Å². The van der Waals surface area contributed by atoms with Crippen molar-refractivity contribution >= 4 is 29.2 Å². The molecule has 2 atom stereocenters. The van der Waals surface area contributed by atoms with E-state index in [4.69, 9.17) is 16.7 Å². The van der Waals surface area contributed by atoms with Gasteiger partial charge in [0, 0.05) is 6.20 Å². The van der Waals surface area contributed by atoms with Crippen molar-refractivity contribution in [2.75, 3.05) is 0 Å². The van der Waals surface area contributed by atoms with Crippen LogP contribution in [-0.4, -0.2) is 44.1 Å². The minimum atomic E-state index is -1.60. The summed E-state index contributed by atoms with van der Waals surface area (Å²) >= 11 is 5.53. The molecule has 1 rings (SSSR count). The highest BCUT2D eigenvalue weighted by molar-refractivity contribution is 6.32. The summed E-state index contributed by atoms with van der Waals surface area (Å²) in [7, 11) is 0. The van der Waals surface area contributed by atoms with E-state index < -0.39 is 45.3 Å². The molecular weight excluding hydrogens is 294 g/mol. The lowest BCUT2D eigenvalue weighted by Crippen LogP contribution is -2.47. The molecule has 1 aromatic rings. The second-order valence-electron chi connectivity index (χ2n) is 3.79. The average molecular weight is 304 g/mol.